The van der Waals surface area contributed by atoms with Gasteiger partial charge < -0.3 is 20.9 Å². The van der Waals surface area contributed by atoms with Gasteiger partial charge in [-0.15, -0.1) is 0 Å². The van der Waals surface area contributed by atoms with Crippen molar-refractivity contribution in [2.45, 2.75) is 38.6 Å². The molecule has 2 fully saturated rings. The molecule has 0 saturated carbocycles. The normalized spacial score (nSPS) is 21.0. The van der Waals surface area contributed by atoms with Gasteiger partial charge in [0.2, 0.25) is 5.91 Å². The van der Waals surface area contributed by atoms with Crippen molar-refractivity contribution >= 4 is 17.8 Å². The van der Waals surface area contributed by atoms with Crippen molar-refractivity contribution in [3.8, 4) is 0 Å². The van der Waals surface area contributed by atoms with Gasteiger partial charge >= 0.3 is 6.03 Å². The Bertz CT molecular complexity index is 474. The topological polar surface area (TPSA) is 93.8 Å². The van der Waals surface area contributed by atoms with Crippen LogP contribution in [0.2, 0.25) is 0 Å². The lowest BCUT2D eigenvalue weighted by Crippen LogP contribution is -2.44. The fraction of sp³-hybridized carbons (Fsp3) is 0.812. The van der Waals surface area contributed by atoms with Crippen LogP contribution in [0.4, 0.5) is 4.79 Å². The minimum absolute atomic E-state index is 0.0263. The van der Waals surface area contributed by atoms with E-state index in [0.717, 1.165) is 39.1 Å². The molecule has 2 rings (SSSR count). The van der Waals surface area contributed by atoms with Crippen LogP contribution in [0.25, 0.3) is 0 Å². The molecule has 4 amide bonds. The Balaban J connectivity index is 1.55. The summed E-state index contributed by atoms with van der Waals surface area (Å²) in [7, 11) is 0. The first-order valence-electron chi connectivity index (χ1n) is 8.74. The average Bonchev–Trinajstić information content (AvgIpc) is 2.74. The predicted molar refractivity (Wildman–Crippen MR) is 90.5 cm³/mol. The number of hydrogen-bond acceptors (Lipinski definition) is 5. The molecule has 2 saturated heterocycles. The van der Waals surface area contributed by atoms with E-state index in [1.807, 2.05) is 0 Å². The summed E-state index contributed by atoms with van der Waals surface area (Å²) < 4.78 is 0. The summed E-state index contributed by atoms with van der Waals surface area (Å²) >= 11 is 0. The number of rotatable bonds is 8. The highest BCUT2D eigenvalue weighted by molar-refractivity contribution is 6.06. The molecule has 2 heterocycles. The first-order chi connectivity index (χ1) is 11.4. The van der Waals surface area contributed by atoms with Crippen LogP contribution in [0.3, 0.4) is 0 Å². The summed E-state index contributed by atoms with van der Waals surface area (Å²) in [6.07, 6.45) is 1.75. The highest BCUT2D eigenvalue weighted by Crippen LogP contribution is 2.16. The lowest BCUT2D eigenvalue weighted by Gasteiger charge is -2.27. The van der Waals surface area contributed by atoms with Crippen molar-refractivity contribution < 1.29 is 14.4 Å². The average molecular weight is 339 g/mol. The smallest absolute Gasteiger partial charge is 0.325 e. The van der Waals surface area contributed by atoms with Crippen LogP contribution >= 0.6 is 0 Å². The second-order valence-corrected chi connectivity index (χ2v) is 6.91. The van der Waals surface area contributed by atoms with Gasteiger partial charge in [-0.05, 0) is 33.2 Å². The zero-order valence-electron chi connectivity index (χ0n) is 14.7. The molecule has 0 unspecified atom stereocenters. The van der Waals surface area contributed by atoms with Gasteiger partial charge in [0.1, 0.15) is 5.54 Å². The molecular weight excluding hydrogens is 310 g/mol. The third kappa shape index (κ3) is 5.17. The number of piperazine rings is 1. The number of nitrogens with one attached hydrogen (secondary N) is 3. The number of carbonyl (C=O) groups excluding carboxylic acids is 3. The zero-order chi connectivity index (χ0) is 17.6. The summed E-state index contributed by atoms with van der Waals surface area (Å²) in [5, 5.41) is 8.85. The van der Waals surface area contributed by atoms with E-state index in [-0.39, 0.29) is 24.4 Å². The van der Waals surface area contributed by atoms with Crippen molar-refractivity contribution in [1.29, 1.82) is 0 Å². The highest BCUT2D eigenvalue weighted by Gasteiger charge is 2.43. The van der Waals surface area contributed by atoms with Gasteiger partial charge in [-0.25, -0.2) is 4.79 Å². The Morgan fingerprint density at radius 3 is 2.50 bits per heavy atom. The molecule has 2 aliphatic heterocycles. The molecule has 3 N–H and O–H groups in total. The minimum Gasteiger partial charge on any atom is -0.356 e. The van der Waals surface area contributed by atoms with Crippen LogP contribution < -0.4 is 16.0 Å². The van der Waals surface area contributed by atoms with Gasteiger partial charge in [0.15, 0.2) is 0 Å². The summed E-state index contributed by atoms with van der Waals surface area (Å²) in [5.41, 5.74) is -0.844. The molecule has 0 aromatic carbocycles. The Labute approximate surface area is 143 Å². The molecule has 2 aliphatic rings. The molecule has 0 aliphatic carbocycles. The van der Waals surface area contributed by atoms with Crippen molar-refractivity contribution in [3.63, 3.8) is 0 Å². The van der Waals surface area contributed by atoms with E-state index in [1.54, 1.807) is 13.8 Å². The quantitative estimate of drug-likeness (QED) is 0.410. The van der Waals surface area contributed by atoms with Crippen LogP contribution in [-0.4, -0.2) is 79.0 Å². The van der Waals surface area contributed by atoms with E-state index in [9.17, 15) is 14.4 Å². The lowest BCUT2D eigenvalue weighted by atomic mass is 10.1. The van der Waals surface area contributed by atoms with E-state index in [4.69, 9.17) is 0 Å². The van der Waals surface area contributed by atoms with Crippen molar-refractivity contribution in [3.05, 3.63) is 0 Å². The zero-order valence-corrected chi connectivity index (χ0v) is 14.7. The first-order valence-corrected chi connectivity index (χ1v) is 8.74. The van der Waals surface area contributed by atoms with Gasteiger partial charge in [0, 0.05) is 45.7 Å². The maximum Gasteiger partial charge on any atom is 0.325 e. The fourth-order valence-electron chi connectivity index (χ4n) is 2.97. The van der Waals surface area contributed by atoms with Crippen molar-refractivity contribution in [1.82, 2.24) is 25.8 Å². The molecule has 0 atom stereocenters. The predicted octanol–water partition coefficient (Wildman–Crippen LogP) is -0.491. The summed E-state index contributed by atoms with van der Waals surface area (Å²) in [5.74, 6) is -0.259. The van der Waals surface area contributed by atoms with Crippen molar-refractivity contribution in [2.24, 2.45) is 0 Å². The molecule has 0 bridgehead atoms. The number of urea groups is 1. The van der Waals surface area contributed by atoms with Crippen LogP contribution in [0, 0.1) is 0 Å². The van der Waals surface area contributed by atoms with Crippen molar-refractivity contribution in [2.75, 3.05) is 45.8 Å². The fourth-order valence-corrected chi connectivity index (χ4v) is 2.97. The van der Waals surface area contributed by atoms with Gasteiger partial charge in [0.05, 0.1) is 0 Å². The number of imide groups is 1. The number of amides is 4. The summed E-state index contributed by atoms with van der Waals surface area (Å²) in [6, 6.07) is -0.374. The molecule has 8 heteroatoms. The highest BCUT2D eigenvalue weighted by atomic mass is 16.2. The summed E-state index contributed by atoms with van der Waals surface area (Å²) in [4.78, 5) is 39.1. The lowest BCUT2D eigenvalue weighted by molar-refractivity contribution is -0.130. The van der Waals surface area contributed by atoms with Crippen LogP contribution in [0.15, 0.2) is 0 Å². The largest absolute Gasteiger partial charge is 0.356 e. The minimum atomic E-state index is -0.844. The van der Waals surface area contributed by atoms with E-state index in [0.29, 0.717) is 19.4 Å². The molecule has 0 aromatic heterocycles. The van der Waals surface area contributed by atoms with E-state index >= 15 is 0 Å². The Morgan fingerprint density at radius 2 is 1.88 bits per heavy atom. The standard InChI is InChI=1S/C16H29N5O3/c1-16(2)14(23)21(15(24)19-16)10-3-5-13(22)18-6-4-9-20-11-7-17-8-12-20/h17H,3-12H2,1-2H3,(H,18,22)(H,19,24). The van der Waals surface area contributed by atoms with Gasteiger partial charge in [-0.2, -0.15) is 0 Å². The van der Waals surface area contributed by atoms with Gasteiger partial charge in [-0.1, -0.05) is 0 Å². The monoisotopic (exact) mass is 339 g/mol. The molecule has 0 aromatic rings. The second kappa shape index (κ2) is 8.43. The number of hydrogen-bond donors (Lipinski definition) is 3. The second-order valence-electron chi connectivity index (χ2n) is 6.91. The third-order valence-electron chi connectivity index (χ3n) is 4.41. The first kappa shape index (κ1) is 18.7. The maximum absolute atomic E-state index is 12.0. The number of nitrogens with zero attached hydrogens (tertiary/aromatic N) is 2. The third-order valence-corrected chi connectivity index (χ3v) is 4.41. The maximum atomic E-state index is 12.0. The molecule has 24 heavy (non-hydrogen) atoms. The van der Waals surface area contributed by atoms with Crippen LogP contribution in [0.5, 0.6) is 0 Å². The summed E-state index contributed by atoms with van der Waals surface area (Å²) in [6.45, 7) is 9.50. The van der Waals surface area contributed by atoms with Gasteiger partial charge in [0.25, 0.3) is 5.91 Å². The van der Waals surface area contributed by atoms with E-state index in [1.165, 1.54) is 4.90 Å². The van der Waals surface area contributed by atoms with E-state index in [2.05, 4.69) is 20.9 Å². The Hall–Kier alpha value is -1.67. The molecule has 136 valence electrons. The van der Waals surface area contributed by atoms with Gasteiger partial charge in [-0.3, -0.25) is 14.5 Å². The van der Waals surface area contributed by atoms with Crippen LogP contribution in [-0.2, 0) is 9.59 Å². The van der Waals surface area contributed by atoms with Crippen LogP contribution in [0.1, 0.15) is 33.1 Å². The Kier molecular flexibility index (Phi) is 6.56. The molecule has 8 nitrogen and oxygen atoms in total. The number of carbonyl (C=O) groups is 3. The SMILES string of the molecule is CC1(C)NC(=O)N(CCCC(=O)NCCCN2CCNCC2)C1=O. The Morgan fingerprint density at radius 1 is 1.17 bits per heavy atom. The molecular formula is C16H29N5O3. The molecule has 0 spiro atoms. The van der Waals surface area contributed by atoms with E-state index < -0.39 is 5.54 Å². The molecule has 0 radical (unpaired) electrons.